The molecular weight excluding hydrogens is 769 g/mol. The molecule has 4 fully saturated rings. The van der Waals surface area contributed by atoms with Crippen molar-refractivity contribution in [1.29, 1.82) is 0 Å². The second kappa shape index (κ2) is 20.6. The molecule has 0 aromatic heterocycles. The minimum absolute atomic E-state index is 0.0386. The van der Waals surface area contributed by atoms with Gasteiger partial charge in [-0.25, -0.2) is 9.59 Å². The van der Waals surface area contributed by atoms with Gasteiger partial charge in [0.25, 0.3) is 0 Å². The Balaban J connectivity index is 0.000000210. The zero-order valence-electron chi connectivity index (χ0n) is 37.3. The van der Waals surface area contributed by atoms with Gasteiger partial charge < -0.3 is 29.1 Å². The van der Waals surface area contributed by atoms with Gasteiger partial charge in [-0.15, -0.1) is 0 Å². The molecule has 10 nitrogen and oxygen atoms in total. The summed E-state index contributed by atoms with van der Waals surface area (Å²) in [7, 11) is 2.83. The molecule has 0 radical (unpaired) electrons. The monoisotopic (exact) mass is 836 g/mol. The van der Waals surface area contributed by atoms with E-state index in [1.165, 1.54) is 25.3 Å². The van der Waals surface area contributed by atoms with E-state index < -0.39 is 16.8 Å². The normalized spacial score (nSPS) is 25.2. The summed E-state index contributed by atoms with van der Waals surface area (Å²) < 4.78 is 15.5. The minimum atomic E-state index is -0.630. The van der Waals surface area contributed by atoms with Crippen LogP contribution in [-0.2, 0) is 30.4 Å². The number of aliphatic carboxylic acids is 1. The van der Waals surface area contributed by atoms with Crippen molar-refractivity contribution < 1.29 is 38.5 Å². The third kappa shape index (κ3) is 10.6. The number of hydrogen-bond acceptors (Lipinski definition) is 9. The molecule has 330 valence electrons. The van der Waals surface area contributed by atoms with Gasteiger partial charge >= 0.3 is 23.9 Å². The largest absolute Gasteiger partial charge is 0.481 e. The summed E-state index contributed by atoms with van der Waals surface area (Å²) >= 11 is 0. The van der Waals surface area contributed by atoms with Crippen molar-refractivity contribution in [2.75, 3.05) is 40.4 Å². The molecule has 2 heterocycles. The molecule has 1 N–H and O–H groups in total. The van der Waals surface area contributed by atoms with E-state index in [2.05, 4.69) is 35.8 Å². The van der Waals surface area contributed by atoms with Gasteiger partial charge in [-0.05, 0) is 155 Å². The maximum Gasteiger partial charge on any atom is 0.337 e. The molecule has 0 amide bonds. The molecule has 2 unspecified atom stereocenters. The SMILES string of the molecule is COC(=O)c1cccc(C2CCN(C3CC[C@@](C(=O)O)(C(C)C)C3)CC2)c1.COC(=O)c1cccc(C2CCN(C3CC[C@@](C(=O)OCc4ccccc4)(C(C)C)C3)CC2)c1. The fourth-order valence-corrected chi connectivity index (χ4v) is 10.8. The number of methoxy groups -OCH3 is 2. The molecule has 2 saturated heterocycles. The van der Waals surface area contributed by atoms with E-state index in [0.29, 0.717) is 41.7 Å². The van der Waals surface area contributed by atoms with E-state index in [4.69, 9.17) is 14.2 Å². The lowest BCUT2D eigenvalue weighted by Crippen LogP contribution is -2.42. The van der Waals surface area contributed by atoms with Crippen LogP contribution in [-0.4, -0.2) is 91.3 Å². The van der Waals surface area contributed by atoms with Crippen molar-refractivity contribution >= 4 is 23.9 Å². The molecular formula is C51H68N2O8. The predicted octanol–water partition coefficient (Wildman–Crippen LogP) is 9.52. The highest BCUT2D eigenvalue weighted by Gasteiger charge is 2.51. The van der Waals surface area contributed by atoms with E-state index in [1.54, 1.807) is 6.07 Å². The van der Waals surface area contributed by atoms with Gasteiger partial charge in [0.1, 0.15) is 6.61 Å². The zero-order chi connectivity index (χ0) is 43.7. The lowest BCUT2D eigenvalue weighted by Gasteiger charge is -2.38. The highest BCUT2D eigenvalue weighted by Crippen LogP contribution is 2.49. The Kier molecular flexibility index (Phi) is 15.5. The van der Waals surface area contributed by atoms with Crippen LogP contribution in [0, 0.1) is 22.7 Å². The van der Waals surface area contributed by atoms with Crippen molar-refractivity contribution in [1.82, 2.24) is 9.80 Å². The average Bonchev–Trinajstić information content (AvgIpc) is 3.97. The Bertz CT molecular complexity index is 1950. The lowest BCUT2D eigenvalue weighted by molar-refractivity contribution is -0.160. The fraction of sp³-hybridized carbons (Fsp3) is 0.569. The lowest BCUT2D eigenvalue weighted by atomic mass is 9.75. The summed E-state index contributed by atoms with van der Waals surface area (Å²) in [4.78, 5) is 53.9. The second-order valence-electron chi connectivity index (χ2n) is 18.6. The quantitative estimate of drug-likeness (QED) is 0.139. The van der Waals surface area contributed by atoms with Crippen LogP contribution >= 0.6 is 0 Å². The first kappa shape index (κ1) is 46.0. The van der Waals surface area contributed by atoms with E-state index in [9.17, 15) is 24.3 Å². The Morgan fingerprint density at radius 1 is 0.623 bits per heavy atom. The molecule has 0 spiro atoms. The van der Waals surface area contributed by atoms with E-state index >= 15 is 0 Å². The van der Waals surface area contributed by atoms with Crippen LogP contribution in [0.1, 0.15) is 141 Å². The molecule has 2 saturated carbocycles. The molecule has 4 aliphatic rings. The Morgan fingerprint density at radius 3 is 1.48 bits per heavy atom. The summed E-state index contributed by atoms with van der Waals surface area (Å²) in [6, 6.07) is 26.3. The minimum Gasteiger partial charge on any atom is -0.481 e. The van der Waals surface area contributed by atoms with Crippen LogP contribution in [0.3, 0.4) is 0 Å². The first-order valence-electron chi connectivity index (χ1n) is 22.6. The van der Waals surface area contributed by atoms with Crippen LogP contribution in [0.2, 0.25) is 0 Å². The average molecular weight is 837 g/mol. The van der Waals surface area contributed by atoms with E-state index in [0.717, 1.165) is 96.0 Å². The summed E-state index contributed by atoms with van der Waals surface area (Å²) in [5.41, 5.74) is 3.72. The summed E-state index contributed by atoms with van der Waals surface area (Å²) in [5, 5.41) is 9.78. The number of carbonyl (C=O) groups excluding carboxylic acids is 3. The molecule has 3 aromatic carbocycles. The van der Waals surface area contributed by atoms with E-state index in [-0.39, 0.29) is 29.7 Å². The Morgan fingerprint density at radius 2 is 1.07 bits per heavy atom. The molecule has 0 bridgehead atoms. The highest BCUT2D eigenvalue weighted by atomic mass is 16.5. The van der Waals surface area contributed by atoms with Crippen molar-refractivity contribution in [2.24, 2.45) is 22.7 Å². The number of ether oxygens (including phenoxy) is 3. The summed E-state index contributed by atoms with van der Waals surface area (Å²) in [6.45, 7) is 12.8. The predicted molar refractivity (Wildman–Crippen MR) is 236 cm³/mol. The van der Waals surface area contributed by atoms with Crippen LogP contribution in [0.15, 0.2) is 78.9 Å². The number of piperidine rings is 2. The zero-order valence-corrected chi connectivity index (χ0v) is 37.3. The highest BCUT2D eigenvalue weighted by molar-refractivity contribution is 5.90. The smallest absolute Gasteiger partial charge is 0.337 e. The number of benzene rings is 3. The Labute approximate surface area is 363 Å². The van der Waals surface area contributed by atoms with Gasteiger partial charge in [0.2, 0.25) is 0 Å². The van der Waals surface area contributed by atoms with Gasteiger partial charge in [-0.1, -0.05) is 82.3 Å². The number of nitrogens with zero attached hydrogens (tertiary/aromatic N) is 2. The number of carboxylic acid groups (broad SMARTS) is 1. The number of rotatable bonds is 12. The maximum absolute atomic E-state index is 13.3. The van der Waals surface area contributed by atoms with Gasteiger partial charge in [-0.3, -0.25) is 9.59 Å². The Hall–Kier alpha value is -4.54. The van der Waals surface area contributed by atoms with Crippen molar-refractivity contribution in [2.45, 2.75) is 122 Å². The number of esters is 3. The summed E-state index contributed by atoms with van der Waals surface area (Å²) in [6.07, 6.45) is 9.56. The van der Waals surface area contributed by atoms with Crippen molar-refractivity contribution in [3.63, 3.8) is 0 Å². The van der Waals surface area contributed by atoms with Crippen molar-refractivity contribution in [3.05, 3.63) is 107 Å². The molecule has 61 heavy (non-hydrogen) atoms. The van der Waals surface area contributed by atoms with Crippen molar-refractivity contribution in [3.8, 4) is 0 Å². The number of hydrogen-bond donors (Lipinski definition) is 1. The molecule has 2 aliphatic carbocycles. The summed E-state index contributed by atoms with van der Waals surface area (Å²) in [5.74, 6) is 0.0683. The van der Waals surface area contributed by atoms with Gasteiger partial charge in [-0.2, -0.15) is 0 Å². The molecule has 2 aliphatic heterocycles. The molecule has 7 rings (SSSR count). The van der Waals surface area contributed by atoms with Crippen LogP contribution < -0.4 is 0 Å². The first-order chi connectivity index (χ1) is 29.3. The van der Waals surface area contributed by atoms with Crippen LogP contribution in [0.25, 0.3) is 0 Å². The third-order valence-electron chi connectivity index (χ3n) is 15.0. The number of carbonyl (C=O) groups is 4. The molecule has 3 aromatic rings. The van der Waals surface area contributed by atoms with Crippen LogP contribution in [0.4, 0.5) is 0 Å². The van der Waals surface area contributed by atoms with Crippen LogP contribution in [0.5, 0.6) is 0 Å². The van der Waals surface area contributed by atoms with E-state index in [1.807, 2.05) is 74.5 Å². The molecule has 10 heteroatoms. The van der Waals surface area contributed by atoms with Gasteiger partial charge in [0.05, 0.1) is 36.2 Å². The number of carboxylic acids is 1. The first-order valence-corrected chi connectivity index (χ1v) is 22.6. The fourth-order valence-electron chi connectivity index (χ4n) is 10.8. The molecule has 4 atom stereocenters. The maximum atomic E-state index is 13.3. The van der Waals surface area contributed by atoms with Gasteiger partial charge in [0, 0.05) is 12.1 Å². The third-order valence-corrected chi connectivity index (χ3v) is 15.0. The standard InChI is InChI=1S/C29H37NO4.C22H31NO4/c1-21(2)29(28(32)34-20-22-8-5-4-6-9-22)15-12-26(19-29)30-16-13-23(14-17-30)24-10-7-11-25(18-24)27(31)33-3;1-15(2)22(21(25)26)10-7-19(14-22)23-11-8-16(9-12-23)17-5-4-6-18(13-17)20(24)27-3/h4-11,18,21,23,26H,12-17,19-20H2,1-3H3;4-6,13,15-16,19H,7-12,14H2,1-3H3,(H,25,26)/t26?,29-;19?,22-/m00/s1. The number of likely N-dealkylation sites (tertiary alicyclic amines) is 2. The van der Waals surface area contributed by atoms with Gasteiger partial charge in [0.15, 0.2) is 0 Å². The second-order valence-corrected chi connectivity index (χ2v) is 18.6. The topological polar surface area (TPSA) is 123 Å².